The number of anilines is 1. The van der Waals surface area contributed by atoms with E-state index >= 15 is 0 Å². The Kier molecular flexibility index (Phi) is 3.77. The number of nitrogens with zero attached hydrogens (tertiary/aromatic N) is 1. The van der Waals surface area contributed by atoms with E-state index in [1.54, 1.807) is 6.07 Å². The summed E-state index contributed by atoms with van der Waals surface area (Å²) in [6, 6.07) is 1.57. The van der Waals surface area contributed by atoms with Gasteiger partial charge in [-0.15, -0.1) is 0 Å². The van der Waals surface area contributed by atoms with E-state index in [0.29, 0.717) is 10.2 Å². The molecule has 0 fully saturated rings. The van der Waals surface area contributed by atoms with Gasteiger partial charge in [0.1, 0.15) is 6.61 Å². The first-order valence-corrected chi connectivity index (χ1v) is 4.66. The van der Waals surface area contributed by atoms with Crippen LogP contribution in [0.25, 0.3) is 0 Å². The molecule has 2 N–H and O–H groups in total. The molecule has 0 radical (unpaired) electrons. The molecule has 0 bridgehead atoms. The summed E-state index contributed by atoms with van der Waals surface area (Å²) >= 11 is 3.15. The quantitative estimate of drug-likeness (QED) is 0.875. The van der Waals surface area contributed by atoms with Crippen molar-refractivity contribution in [2.24, 2.45) is 0 Å². The topological polar surface area (TPSA) is 45.1 Å². The molecule has 0 aliphatic carbocycles. The molecule has 1 aromatic rings. The Bertz CT molecular complexity index is 309. The lowest BCUT2D eigenvalue weighted by Gasteiger charge is -2.15. The normalized spacial score (nSPS) is 11.4. The molecular formula is C8H9BrF2N2O. The van der Waals surface area contributed by atoms with Gasteiger partial charge in [-0.1, -0.05) is 0 Å². The number of aliphatic hydroxyl groups is 1. The fourth-order valence-corrected chi connectivity index (χ4v) is 1.19. The van der Waals surface area contributed by atoms with Gasteiger partial charge >= 0.3 is 0 Å². The molecule has 3 nitrogen and oxygen atoms in total. The lowest BCUT2D eigenvalue weighted by Crippen LogP contribution is -2.31. The molecular weight excluding hydrogens is 258 g/mol. The zero-order chi connectivity index (χ0) is 10.6. The Morgan fingerprint density at radius 3 is 2.86 bits per heavy atom. The van der Waals surface area contributed by atoms with Crippen molar-refractivity contribution in [3.63, 3.8) is 0 Å². The highest BCUT2D eigenvalue weighted by Gasteiger charge is 2.27. The van der Waals surface area contributed by atoms with Crippen LogP contribution in [0.4, 0.5) is 14.5 Å². The Morgan fingerprint density at radius 1 is 1.57 bits per heavy atom. The van der Waals surface area contributed by atoms with E-state index in [9.17, 15) is 8.78 Å². The van der Waals surface area contributed by atoms with Crippen LogP contribution >= 0.6 is 15.9 Å². The van der Waals surface area contributed by atoms with E-state index in [4.69, 9.17) is 5.11 Å². The molecule has 1 heterocycles. The third-order valence-corrected chi connectivity index (χ3v) is 2.17. The zero-order valence-corrected chi connectivity index (χ0v) is 8.76. The van der Waals surface area contributed by atoms with Crippen LogP contribution in [0, 0.1) is 0 Å². The second-order valence-corrected chi connectivity index (χ2v) is 3.58. The van der Waals surface area contributed by atoms with Crippen LogP contribution in [0.2, 0.25) is 0 Å². The highest BCUT2D eigenvalue weighted by atomic mass is 79.9. The van der Waals surface area contributed by atoms with E-state index in [2.05, 4.69) is 26.2 Å². The van der Waals surface area contributed by atoms with Crippen LogP contribution in [0.3, 0.4) is 0 Å². The van der Waals surface area contributed by atoms with Gasteiger partial charge in [0.05, 0.1) is 16.7 Å². The Morgan fingerprint density at radius 2 is 2.29 bits per heavy atom. The van der Waals surface area contributed by atoms with Crippen molar-refractivity contribution >= 4 is 21.6 Å². The van der Waals surface area contributed by atoms with Crippen LogP contribution in [0.5, 0.6) is 0 Å². The van der Waals surface area contributed by atoms with Gasteiger partial charge in [-0.2, -0.15) is 0 Å². The number of halogens is 3. The predicted molar refractivity (Wildman–Crippen MR) is 52.5 cm³/mol. The van der Waals surface area contributed by atoms with Gasteiger partial charge in [0.15, 0.2) is 0 Å². The summed E-state index contributed by atoms with van der Waals surface area (Å²) < 4.78 is 25.9. The summed E-state index contributed by atoms with van der Waals surface area (Å²) in [5.74, 6) is -3.11. The summed E-state index contributed by atoms with van der Waals surface area (Å²) in [6.07, 6.45) is 2.99. The highest BCUT2D eigenvalue weighted by molar-refractivity contribution is 9.10. The van der Waals surface area contributed by atoms with Crippen molar-refractivity contribution in [2.75, 3.05) is 18.5 Å². The summed E-state index contributed by atoms with van der Waals surface area (Å²) in [6.45, 7) is -1.77. The molecule has 0 saturated carbocycles. The minimum atomic E-state index is -3.11. The monoisotopic (exact) mass is 266 g/mol. The highest BCUT2D eigenvalue weighted by Crippen LogP contribution is 2.21. The van der Waals surface area contributed by atoms with Crippen molar-refractivity contribution in [1.29, 1.82) is 0 Å². The summed E-state index contributed by atoms with van der Waals surface area (Å²) in [5.41, 5.74) is 0.521. The molecule has 0 atom stereocenters. The van der Waals surface area contributed by atoms with Crippen molar-refractivity contribution in [3.8, 4) is 0 Å². The zero-order valence-electron chi connectivity index (χ0n) is 7.17. The van der Waals surface area contributed by atoms with E-state index < -0.39 is 19.1 Å². The first-order valence-electron chi connectivity index (χ1n) is 3.87. The molecule has 1 rings (SSSR count). The maximum Gasteiger partial charge on any atom is 0.287 e. The minimum absolute atomic E-state index is 0.521. The summed E-state index contributed by atoms with van der Waals surface area (Å²) in [4.78, 5) is 3.79. The molecule has 0 unspecified atom stereocenters. The van der Waals surface area contributed by atoms with Crippen LogP contribution < -0.4 is 5.32 Å². The molecule has 0 amide bonds. The smallest absolute Gasteiger partial charge is 0.287 e. The van der Waals surface area contributed by atoms with Gasteiger partial charge in [0.2, 0.25) is 0 Å². The molecule has 6 heteroatoms. The molecule has 0 aromatic carbocycles. The summed E-state index contributed by atoms with van der Waals surface area (Å²) in [5, 5.41) is 10.8. The first kappa shape index (κ1) is 11.3. The van der Waals surface area contributed by atoms with Gasteiger partial charge in [0, 0.05) is 12.4 Å². The first-order chi connectivity index (χ1) is 6.55. The Hall–Kier alpha value is -0.750. The number of hydrogen-bond acceptors (Lipinski definition) is 3. The third-order valence-electron chi connectivity index (χ3n) is 1.54. The van der Waals surface area contributed by atoms with Gasteiger partial charge in [0.25, 0.3) is 5.92 Å². The average Bonchev–Trinajstić information content (AvgIpc) is 2.17. The van der Waals surface area contributed by atoms with Gasteiger partial charge in [-0.25, -0.2) is 8.78 Å². The van der Waals surface area contributed by atoms with Crippen molar-refractivity contribution < 1.29 is 13.9 Å². The molecule has 0 aliphatic rings. The van der Waals surface area contributed by atoms with E-state index in [-0.39, 0.29) is 0 Å². The number of hydrogen-bond donors (Lipinski definition) is 2. The maximum absolute atomic E-state index is 12.6. The third kappa shape index (κ3) is 3.19. The van der Waals surface area contributed by atoms with Gasteiger partial charge in [-0.3, -0.25) is 4.98 Å². The van der Waals surface area contributed by atoms with Crippen molar-refractivity contribution in [2.45, 2.75) is 5.92 Å². The van der Waals surface area contributed by atoms with Gasteiger partial charge < -0.3 is 10.4 Å². The summed E-state index contributed by atoms with van der Waals surface area (Å²) in [7, 11) is 0. The average molecular weight is 267 g/mol. The van der Waals surface area contributed by atoms with E-state index in [0.717, 1.165) is 0 Å². The molecule has 1 aromatic heterocycles. The second-order valence-electron chi connectivity index (χ2n) is 2.72. The molecule has 78 valence electrons. The number of aliphatic hydroxyl groups excluding tert-OH is 1. The Labute approximate surface area is 88.3 Å². The van der Waals surface area contributed by atoms with E-state index in [1.165, 1.54) is 12.4 Å². The van der Waals surface area contributed by atoms with E-state index in [1.807, 2.05) is 0 Å². The second kappa shape index (κ2) is 4.65. The molecule has 0 saturated heterocycles. The number of alkyl halides is 2. The van der Waals surface area contributed by atoms with Crippen molar-refractivity contribution in [3.05, 3.63) is 22.9 Å². The number of rotatable bonds is 4. The maximum atomic E-state index is 12.6. The van der Waals surface area contributed by atoms with Crippen LogP contribution in [0.15, 0.2) is 22.9 Å². The Balaban J connectivity index is 2.58. The molecule has 0 aliphatic heterocycles. The van der Waals surface area contributed by atoms with Crippen LogP contribution in [-0.4, -0.2) is 29.2 Å². The fourth-order valence-electron chi connectivity index (χ4n) is 0.799. The SMILES string of the molecule is OCC(F)(F)CNc1ccncc1Br. The largest absolute Gasteiger partial charge is 0.390 e. The molecule has 0 spiro atoms. The predicted octanol–water partition coefficient (Wildman–Crippen LogP) is 1.88. The van der Waals surface area contributed by atoms with Crippen LogP contribution in [0.1, 0.15) is 0 Å². The van der Waals surface area contributed by atoms with Gasteiger partial charge in [-0.05, 0) is 22.0 Å². The lowest BCUT2D eigenvalue weighted by atomic mass is 10.3. The van der Waals surface area contributed by atoms with Crippen molar-refractivity contribution in [1.82, 2.24) is 4.98 Å². The lowest BCUT2D eigenvalue weighted by molar-refractivity contribution is -0.0372. The number of aromatic nitrogens is 1. The standard InChI is InChI=1S/C8H9BrF2N2O/c9-6-3-12-2-1-7(6)13-4-8(10,11)5-14/h1-3,14H,4-5H2,(H,12,13). The fraction of sp³-hybridized carbons (Fsp3) is 0.375. The number of pyridine rings is 1. The number of nitrogens with one attached hydrogen (secondary N) is 1. The van der Waals surface area contributed by atoms with Crippen LogP contribution in [-0.2, 0) is 0 Å². The minimum Gasteiger partial charge on any atom is -0.390 e. The molecule has 14 heavy (non-hydrogen) atoms.